The number of rotatable bonds is 7. The molecule has 3 rings (SSSR count). The van der Waals surface area contributed by atoms with Crippen molar-refractivity contribution in [2.24, 2.45) is 5.73 Å². The van der Waals surface area contributed by atoms with Crippen LogP contribution in [0.15, 0.2) is 44.6 Å². The summed E-state index contributed by atoms with van der Waals surface area (Å²) in [7, 11) is 0. The van der Waals surface area contributed by atoms with E-state index in [4.69, 9.17) is 5.73 Å². The predicted octanol–water partition coefficient (Wildman–Crippen LogP) is 5.30. The molecule has 0 saturated heterocycles. The SMILES string of the molecule is Cl.NCCNCCCNc1cc(C(F)(F)F)cc2c1Cc1cc(Br)ccc1S2. The van der Waals surface area contributed by atoms with Crippen LogP contribution in [0.2, 0.25) is 0 Å². The number of alkyl halides is 3. The van der Waals surface area contributed by atoms with Crippen molar-refractivity contribution in [2.45, 2.75) is 28.8 Å². The Kier molecular flexibility index (Phi) is 8.51. The van der Waals surface area contributed by atoms with E-state index in [1.165, 1.54) is 23.9 Å². The molecule has 1 aliphatic heterocycles. The molecule has 0 aromatic heterocycles. The van der Waals surface area contributed by atoms with Crippen LogP contribution in [0.1, 0.15) is 23.1 Å². The van der Waals surface area contributed by atoms with E-state index in [2.05, 4.69) is 26.6 Å². The number of halogens is 5. The molecule has 0 aliphatic carbocycles. The topological polar surface area (TPSA) is 50.1 Å². The zero-order valence-corrected chi connectivity index (χ0v) is 18.3. The third kappa shape index (κ3) is 5.79. The third-order valence-electron chi connectivity index (χ3n) is 4.31. The maximum absolute atomic E-state index is 13.3. The average Bonchev–Trinajstić information content (AvgIpc) is 2.62. The van der Waals surface area contributed by atoms with Gasteiger partial charge in [0.1, 0.15) is 0 Å². The molecule has 154 valence electrons. The van der Waals surface area contributed by atoms with Crippen LogP contribution >= 0.6 is 40.1 Å². The number of benzene rings is 2. The van der Waals surface area contributed by atoms with E-state index in [0.717, 1.165) is 40.0 Å². The van der Waals surface area contributed by atoms with Gasteiger partial charge >= 0.3 is 6.18 Å². The first-order chi connectivity index (χ1) is 12.9. The van der Waals surface area contributed by atoms with Crippen molar-refractivity contribution in [2.75, 3.05) is 31.5 Å². The molecular weight excluding hydrogens is 475 g/mol. The number of hydrogen-bond acceptors (Lipinski definition) is 4. The number of nitrogens with one attached hydrogen (secondary N) is 2. The first kappa shape index (κ1) is 23.3. The Balaban J connectivity index is 0.00000280. The Bertz CT molecular complexity index is 818. The number of nitrogens with two attached hydrogens (primary N) is 1. The van der Waals surface area contributed by atoms with Crippen LogP contribution in [0.5, 0.6) is 0 Å². The molecule has 0 spiro atoms. The van der Waals surface area contributed by atoms with Crippen molar-refractivity contribution in [3.8, 4) is 0 Å². The molecule has 0 amide bonds. The maximum Gasteiger partial charge on any atom is 0.416 e. The minimum absolute atomic E-state index is 0. The van der Waals surface area contributed by atoms with E-state index < -0.39 is 11.7 Å². The van der Waals surface area contributed by atoms with Gasteiger partial charge < -0.3 is 16.4 Å². The van der Waals surface area contributed by atoms with E-state index in [1.807, 2.05) is 18.2 Å². The summed E-state index contributed by atoms with van der Waals surface area (Å²) in [5.74, 6) is 0. The number of hydrogen-bond donors (Lipinski definition) is 3. The minimum Gasteiger partial charge on any atom is -0.385 e. The molecule has 0 radical (unpaired) electrons. The molecule has 2 aromatic carbocycles. The van der Waals surface area contributed by atoms with Crippen LogP contribution in [0.25, 0.3) is 0 Å². The summed E-state index contributed by atoms with van der Waals surface area (Å²) in [5, 5.41) is 6.40. The number of anilines is 1. The molecular formula is C19H22BrClF3N3S. The Labute approximate surface area is 181 Å². The molecule has 4 N–H and O–H groups in total. The molecule has 3 nitrogen and oxygen atoms in total. The normalized spacial score (nSPS) is 12.8. The fourth-order valence-electron chi connectivity index (χ4n) is 3.00. The van der Waals surface area contributed by atoms with E-state index in [1.54, 1.807) is 0 Å². The molecule has 28 heavy (non-hydrogen) atoms. The molecule has 0 fully saturated rings. The Morgan fingerprint density at radius 1 is 1.07 bits per heavy atom. The van der Waals surface area contributed by atoms with Crippen LogP contribution in [-0.2, 0) is 12.6 Å². The summed E-state index contributed by atoms with van der Waals surface area (Å²) in [6.07, 6.45) is -2.95. The van der Waals surface area contributed by atoms with Gasteiger partial charge in [0.2, 0.25) is 0 Å². The highest BCUT2D eigenvalue weighted by Crippen LogP contribution is 2.45. The first-order valence-electron chi connectivity index (χ1n) is 8.73. The largest absolute Gasteiger partial charge is 0.416 e. The quantitative estimate of drug-likeness (QED) is 0.389. The highest BCUT2D eigenvalue weighted by molar-refractivity contribution is 9.10. The van der Waals surface area contributed by atoms with Crippen LogP contribution in [-0.4, -0.2) is 26.2 Å². The maximum atomic E-state index is 13.3. The first-order valence-corrected chi connectivity index (χ1v) is 10.3. The van der Waals surface area contributed by atoms with Crippen molar-refractivity contribution in [1.82, 2.24) is 5.32 Å². The third-order valence-corrected chi connectivity index (χ3v) is 6.01. The second kappa shape index (κ2) is 10.2. The molecule has 1 aliphatic rings. The van der Waals surface area contributed by atoms with Crippen LogP contribution in [0.4, 0.5) is 18.9 Å². The van der Waals surface area contributed by atoms with Gasteiger partial charge in [-0.05, 0) is 54.4 Å². The van der Waals surface area contributed by atoms with E-state index in [-0.39, 0.29) is 12.4 Å². The monoisotopic (exact) mass is 495 g/mol. The second-order valence-corrected chi connectivity index (χ2v) is 8.35. The standard InChI is InChI=1S/C19H21BrF3N3S.ClH/c20-14-2-3-17-12(8-14)9-15-16(26-6-1-5-25-7-4-24)10-13(19(21,22)23)11-18(15)27-17;/h2-3,8,10-11,25-26H,1,4-7,9,24H2;1H. The van der Waals surface area contributed by atoms with Crippen LogP contribution in [0.3, 0.4) is 0 Å². The van der Waals surface area contributed by atoms with Crippen LogP contribution < -0.4 is 16.4 Å². The van der Waals surface area contributed by atoms with Gasteiger partial charge in [-0.1, -0.05) is 27.7 Å². The summed E-state index contributed by atoms with van der Waals surface area (Å²) in [6.45, 7) is 2.68. The predicted molar refractivity (Wildman–Crippen MR) is 115 cm³/mol. The van der Waals surface area contributed by atoms with E-state index in [0.29, 0.717) is 30.1 Å². The van der Waals surface area contributed by atoms with E-state index >= 15 is 0 Å². The lowest BCUT2D eigenvalue weighted by atomic mass is 10.00. The summed E-state index contributed by atoms with van der Waals surface area (Å²) in [4.78, 5) is 1.67. The lowest BCUT2D eigenvalue weighted by Crippen LogP contribution is -2.24. The fourth-order valence-corrected chi connectivity index (χ4v) is 4.53. The molecule has 9 heteroatoms. The van der Waals surface area contributed by atoms with Crippen molar-refractivity contribution in [3.05, 3.63) is 51.5 Å². The molecule has 0 bridgehead atoms. The molecule has 0 atom stereocenters. The van der Waals surface area contributed by atoms with Crippen molar-refractivity contribution in [3.63, 3.8) is 0 Å². The Morgan fingerprint density at radius 2 is 1.86 bits per heavy atom. The number of fused-ring (bicyclic) bond motifs is 2. The summed E-state index contributed by atoms with van der Waals surface area (Å²) < 4.78 is 41.0. The zero-order chi connectivity index (χ0) is 19.4. The van der Waals surface area contributed by atoms with E-state index in [9.17, 15) is 13.2 Å². The molecule has 2 aromatic rings. The van der Waals surface area contributed by atoms with Crippen molar-refractivity contribution >= 4 is 45.8 Å². The van der Waals surface area contributed by atoms with Gasteiger partial charge in [0.05, 0.1) is 5.56 Å². The van der Waals surface area contributed by atoms with Gasteiger partial charge in [0.25, 0.3) is 0 Å². The molecule has 0 unspecified atom stereocenters. The van der Waals surface area contributed by atoms with Gasteiger partial charge in [0.15, 0.2) is 0 Å². The lowest BCUT2D eigenvalue weighted by molar-refractivity contribution is -0.137. The fraction of sp³-hybridized carbons (Fsp3) is 0.368. The van der Waals surface area contributed by atoms with Gasteiger partial charge in [0, 0.05) is 46.0 Å². The van der Waals surface area contributed by atoms with Gasteiger partial charge in [-0.15, -0.1) is 12.4 Å². The highest BCUT2D eigenvalue weighted by atomic mass is 79.9. The second-order valence-electron chi connectivity index (χ2n) is 6.35. The molecule has 1 heterocycles. The Hall–Kier alpha value is -0.930. The van der Waals surface area contributed by atoms with Crippen molar-refractivity contribution in [1.29, 1.82) is 0 Å². The minimum atomic E-state index is -4.37. The molecule has 0 saturated carbocycles. The summed E-state index contributed by atoms with van der Waals surface area (Å²) in [5.41, 5.74) is 7.43. The summed E-state index contributed by atoms with van der Waals surface area (Å²) >= 11 is 4.87. The van der Waals surface area contributed by atoms with Gasteiger partial charge in [-0.3, -0.25) is 0 Å². The van der Waals surface area contributed by atoms with Crippen molar-refractivity contribution < 1.29 is 13.2 Å². The lowest BCUT2D eigenvalue weighted by Gasteiger charge is -2.24. The smallest absolute Gasteiger partial charge is 0.385 e. The van der Waals surface area contributed by atoms with Gasteiger partial charge in [-0.2, -0.15) is 13.2 Å². The van der Waals surface area contributed by atoms with Gasteiger partial charge in [-0.25, -0.2) is 0 Å². The highest BCUT2D eigenvalue weighted by Gasteiger charge is 2.33. The zero-order valence-electron chi connectivity index (χ0n) is 15.0. The average molecular weight is 497 g/mol. The summed E-state index contributed by atoms with van der Waals surface area (Å²) in [6, 6.07) is 8.39. The Morgan fingerprint density at radius 3 is 2.57 bits per heavy atom. The van der Waals surface area contributed by atoms with Crippen LogP contribution in [0, 0.1) is 0 Å².